The van der Waals surface area contributed by atoms with E-state index in [4.69, 9.17) is 14.2 Å². The molecule has 2 heterocycles. The third-order valence-electron chi connectivity index (χ3n) is 6.22. The zero-order chi connectivity index (χ0) is 21.5. The lowest BCUT2D eigenvalue weighted by molar-refractivity contribution is -0.937. The Morgan fingerprint density at radius 2 is 1.84 bits per heavy atom. The van der Waals surface area contributed by atoms with Crippen molar-refractivity contribution < 1.29 is 28.7 Å². The van der Waals surface area contributed by atoms with E-state index >= 15 is 0 Å². The molecule has 0 spiro atoms. The van der Waals surface area contributed by atoms with Crippen LogP contribution in [0.25, 0.3) is 0 Å². The Morgan fingerprint density at radius 1 is 1.03 bits per heavy atom. The summed E-state index contributed by atoms with van der Waals surface area (Å²) in [7, 11) is 0. The molecule has 4 rings (SSSR count). The van der Waals surface area contributed by atoms with Crippen LogP contribution in [-0.2, 0) is 14.3 Å². The topological polar surface area (TPSA) is 90.3 Å². The first-order valence-corrected chi connectivity index (χ1v) is 11.3. The first-order chi connectivity index (χ1) is 15.2. The zero-order valence-electron chi connectivity index (χ0n) is 17.9. The van der Waals surface area contributed by atoms with Crippen molar-refractivity contribution in [1.29, 1.82) is 0 Å². The fraction of sp³-hybridized carbons (Fsp3) is 0.565. The van der Waals surface area contributed by atoms with E-state index in [1.54, 1.807) is 0 Å². The number of allylic oxidation sites excluding steroid dienone is 1. The SMILES string of the molecule is O=C(NCCC1=CCCCC1)C(=O)NC[C@H](c1ccc2c(c1)OCO2)[NH+]1CCOCC1. The lowest BCUT2D eigenvalue weighted by Gasteiger charge is -2.32. The van der Waals surface area contributed by atoms with E-state index in [0.717, 1.165) is 49.4 Å². The second kappa shape index (κ2) is 10.6. The molecule has 168 valence electrons. The molecule has 8 heteroatoms. The molecule has 1 atom stereocenters. The molecule has 1 aromatic carbocycles. The van der Waals surface area contributed by atoms with Gasteiger partial charge >= 0.3 is 11.8 Å². The van der Waals surface area contributed by atoms with Gasteiger partial charge in [0.25, 0.3) is 0 Å². The van der Waals surface area contributed by atoms with Crippen molar-refractivity contribution in [3.63, 3.8) is 0 Å². The molecule has 1 aliphatic carbocycles. The normalized spacial score (nSPS) is 19.4. The van der Waals surface area contributed by atoms with Crippen molar-refractivity contribution in [3.8, 4) is 11.5 Å². The minimum atomic E-state index is -0.587. The molecule has 2 amide bonds. The van der Waals surface area contributed by atoms with Gasteiger partial charge < -0.3 is 29.7 Å². The summed E-state index contributed by atoms with van der Waals surface area (Å²) in [6.45, 7) is 4.14. The summed E-state index contributed by atoms with van der Waals surface area (Å²) < 4.78 is 16.4. The van der Waals surface area contributed by atoms with E-state index in [1.165, 1.54) is 23.3 Å². The largest absolute Gasteiger partial charge is 0.454 e. The van der Waals surface area contributed by atoms with E-state index in [9.17, 15) is 9.59 Å². The summed E-state index contributed by atoms with van der Waals surface area (Å²) >= 11 is 0. The van der Waals surface area contributed by atoms with Crippen molar-refractivity contribution in [2.45, 2.75) is 38.1 Å². The fourth-order valence-electron chi connectivity index (χ4n) is 4.43. The molecule has 0 aromatic heterocycles. The quantitative estimate of drug-likeness (QED) is 0.433. The van der Waals surface area contributed by atoms with Gasteiger partial charge in [0.2, 0.25) is 6.79 Å². The van der Waals surface area contributed by atoms with Gasteiger partial charge in [-0.05, 0) is 50.3 Å². The van der Waals surface area contributed by atoms with Gasteiger partial charge in [-0.3, -0.25) is 9.59 Å². The molecule has 1 aromatic rings. The molecule has 0 bridgehead atoms. The Morgan fingerprint density at radius 3 is 2.65 bits per heavy atom. The Bertz CT molecular complexity index is 819. The van der Waals surface area contributed by atoms with Crippen molar-refractivity contribution in [2.75, 3.05) is 46.2 Å². The number of fused-ring (bicyclic) bond motifs is 1. The number of hydrogen-bond donors (Lipinski definition) is 3. The number of rotatable bonds is 7. The highest BCUT2D eigenvalue weighted by molar-refractivity contribution is 6.35. The number of hydrogen-bond acceptors (Lipinski definition) is 5. The van der Waals surface area contributed by atoms with Crippen LogP contribution < -0.4 is 25.0 Å². The Kier molecular flexibility index (Phi) is 7.43. The van der Waals surface area contributed by atoms with Crippen LogP contribution in [0.5, 0.6) is 11.5 Å². The van der Waals surface area contributed by atoms with Crippen molar-refractivity contribution in [3.05, 3.63) is 35.4 Å². The molecule has 1 saturated heterocycles. The van der Waals surface area contributed by atoms with E-state index in [0.29, 0.717) is 26.3 Å². The average molecular weight is 431 g/mol. The lowest BCUT2D eigenvalue weighted by atomic mass is 9.97. The number of benzene rings is 1. The molecule has 3 aliphatic rings. The first-order valence-electron chi connectivity index (χ1n) is 11.3. The van der Waals surface area contributed by atoms with Crippen molar-refractivity contribution in [2.24, 2.45) is 0 Å². The molecule has 8 nitrogen and oxygen atoms in total. The maximum absolute atomic E-state index is 12.4. The van der Waals surface area contributed by atoms with Crippen LogP contribution in [0.15, 0.2) is 29.8 Å². The number of quaternary nitrogens is 1. The molecule has 0 saturated carbocycles. The number of nitrogens with one attached hydrogen (secondary N) is 3. The zero-order valence-corrected chi connectivity index (χ0v) is 17.9. The van der Waals surface area contributed by atoms with Crippen molar-refractivity contribution >= 4 is 11.8 Å². The smallest absolute Gasteiger partial charge is 0.309 e. The molecule has 0 radical (unpaired) electrons. The number of carbonyl (C=O) groups is 2. The summed E-state index contributed by atoms with van der Waals surface area (Å²) in [5.74, 6) is 0.293. The van der Waals surface area contributed by atoms with Gasteiger partial charge in [-0.2, -0.15) is 0 Å². The summed E-state index contributed by atoms with van der Waals surface area (Å²) in [4.78, 5) is 26.0. The van der Waals surface area contributed by atoms with Gasteiger partial charge in [-0.15, -0.1) is 0 Å². The van der Waals surface area contributed by atoms with Crippen LogP contribution >= 0.6 is 0 Å². The van der Waals surface area contributed by atoms with Crippen LogP contribution in [0.1, 0.15) is 43.7 Å². The average Bonchev–Trinajstić information content (AvgIpc) is 3.28. The minimum Gasteiger partial charge on any atom is -0.454 e. The summed E-state index contributed by atoms with van der Waals surface area (Å²) in [6, 6.07) is 5.88. The van der Waals surface area contributed by atoms with Crippen molar-refractivity contribution in [1.82, 2.24) is 10.6 Å². The molecule has 31 heavy (non-hydrogen) atoms. The van der Waals surface area contributed by atoms with Gasteiger partial charge in [0, 0.05) is 12.1 Å². The molecular formula is C23H32N3O5+. The van der Waals surface area contributed by atoms with E-state index in [1.807, 2.05) is 18.2 Å². The third-order valence-corrected chi connectivity index (χ3v) is 6.22. The van der Waals surface area contributed by atoms with Crippen LogP contribution in [0, 0.1) is 0 Å². The standard InChI is InChI=1S/C23H31N3O5/c27-22(24-9-8-17-4-2-1-3-5-17)23(28)25-15-19(26-10-12-29-13-11-26)18-6-7-20-21(14-18)31-16-30-20/h4,6-7,14,19H,1-3,5,8-13,15-16H2,(H,24,27)(H,25,28)/p+1/t19-/m1/s1. The lowest BCUT2D eigenvalue weighted by Crippen LogP contribution is -3.15. The van der Waals surface area contributed by atoms with Crippen LogP contribution in [0.4, 0.5) is 0 Å². The van der Waals surface area contributed by atoms with Gasteiger partial charge in [0.15, 0.2) is 11.5 Å². The highest BCUT2D eigenvalue weighted by Gasteiger charge is 2.29. The second-order valence-corrected chi connectivity index (χ2v) is 8.26. The molecule has 2 aliphatic heterocycles. The van der Waals surface area contributed by atoms with Gasteiger partial charge in [-0.25, -0.2) is 0 Å². The summed E-state index contributed by atoms with van der Waals surface area (Å²) in [6.07, 6.45) is 7.75. The molecule has 1 fully saturated rings. The predicted molar refractivity (Wildman–Crippen MR) is 114 cm³/mol. The van der Waals surface area contributed by atoms with E-state index in [-0.39, 0.29) is 12.8 Å². The molecule has 3 N–H and O–H groups in total. The minimum absolute atomic E-state index is 0.00236. The molecular weight excluding hydrogens is 398 g/mol. The van der Waals surface area contributed by atoms with Crippen LogP contribution in [0.3, 0.4) is 0 Å². The van der Waals surface area contributed by atoms with Crippen LogP contribution in [-0.4, -0.2) is 58.0 Å². The Balaban J connectivity index is 1.32. The number of amides is 2. The predicted octanol–water partition coefficient (Wildman–Crippen LogP) is 0.494. The number of morpholine rings is 1. The third kappa shape index (κ3) is 5.77. The number of ether oxygens (including phenoxy) is 3. The Labute approximate surface area is 182 Å². The van der Waals surface area contributed by atoms with Gasteiger partial charge in [0.1, 0.15) is 19.1 Å². The highest BCUT2D eigenvalue weighted by atomic mass is 16.7. The summed E-state index contributed by atoms with van der Waals surface area (Å²) in [5, 5.41) is 5.59. The van der Waals surface area contributed by atoms with Gasteiger partial charge in [-0.1, -0.05) is 11.6 Å². The van der Waals surface area contributed by atoms with Gasteiger partial charge in [0.05, 0.1) is 19.8 Å². The first kappa shape index (κ1) is 21.6. The highest BCUT2D eigenvalue weighted by Crippen LogP contribution is 2.33. The molecule has 0 unspecified atom stereocenters. The van der Waals surface area contributed by atoms with Crippen LogP contribution in [0.2, 0.25) is 0 Å². The maximum Gasteiger partial charge on any atom is 0.309 e. The van der Waals surface area contributed by atoms with E-state index in [2.05, 4.69) is 16.7 Å². The summed E-state index contributed by atoms with van der Waals surface area (Å²) in [5.41, 5.74) is 2.43. The Hall–Kier alpha value is -2.58. The maximum atomic E-state index is 12.4. The fourth-order valence-corrected chi connectivity index (χ4v) is 4.43. The second-order valence-electron chi connectivity index (χ2n) is 8.26. The monoisotopic (exact) mass is 430 g/mol. The number of carbonyl (C=O) groups excluding carboxylic acids is 2. The van der Waals surface area contributed by atoms with E-state index < -0.39 is 11.8 Å².